The highest BCUT2D eigenvalue weighted by atomic mass is 35.5. The molecule has 1 aliphatic rings. The molecule has 0 spiro atoms. The van der Waals surface area contributed by atoms with Gasteiger partial charge in [0.15, 0.2) is 0 Å². The van der Waals surface area contributed by atoms with Crippen molar-refractivity contribution < 1.29 is 9.59 Å². The molecular weight excluding hydrogens is 320 g/mol. The first-order valence-corrected chi connectivity index (χ1v) is 8.86. The Morgan fingerprint density at radius 3 is 2.91 bits per heavy atom. The van der Waals surface area contributed by atoms with Crippen molar-refractivity contribution in [3.63, 3.8) is 0 Å². The normalized spacial score (nSPS) is 18.1. The zero-order valence-electron chi connectivity index (χ0n) is 12.9. The Hall–Kier alpha value is -1.20. The van der Waals surface area contributed by atoms with E-state index in [1.54, 1.807) is 17.8 Å². The van der Waals surface area contributed by atoms with Gasteiger partial charge in [0.25, 0.3) is 5.91 Å². The van der Waals surface area contributed by atoms with Gasteiger partial charge in [-0.15, -0.1) is 11.8 Å². The minimum Gasteiger partial charge on any atom is -0.352 e. The summed E-state index contributed by atoms with van der Waals surface area (Å²) in [7, 11) is 0. The fourth-order valence-electron chi connectivity index (χ4n) is 2.69. The summed E-state index contributed by atoms with van der Waals surface area (Å²) in [5.41, 5.74) is 0.655. The third-order valence-electron chi connectivity index (χ3n) is 3.59. The molecule has 1 fully saturated rings. The summed E-state index contributed by atoms with van der Waals surface area (Å²) in [6.45, 7) is 4.84. The molecule has 0 aliphatic carbocycles. The second-order valence-corrected chi connectivity index (χ2v) is 7.11. The van der Waals surface area contributed by atoms with Crippen LogP contribution >= 0.6 is 23.4 Å². The van der Waals surface area contributed by atoms with Crippen LogP contribution in [0, 0.1) is 0 Å². The number of nitrogens with zero attached hydrogens (tertiary/aromatic N) is 1. The monoisotopic (exact) mass is 340 g/mol. The van der Waals surface area contributed by atoms with Crippen LogP contribution in [0.1, 0.15) is 37.0 Å². The Kier molecular flexibility index (Phi) is 6.15. The number of rotatable bonds is 4. The Labute approximate surface area is 140 Å². The van der Waals surface area contributed by atoms with Crippen molar-refractivity contribution in [3.8, 4) is 0 Å². The molecule has 0 unspecified atom stereocenters. The molecule has 2 amide bonds. The van der Waals surface area contributed by atoms with E-state index in [0.717, 1.165) is 30.0 Å². The fraction of sp³-hybridized carbons (Fsp3) is 0.500. The molecule has 1 aromatic carbocycles. The van der Waals surface area contributed by atoms with Crippen molar-refractivity contribution in [2.75, 3.05) is 18.8 Å². The highest BCUT2D eigenvalue weighted by Gasteiger charge is 2.26. The molecule has 1 aromatic rings. The van der Waals surface area contributed by atoms with Crippen LogP contribution in [0.15, 0.2) is 23.1 Å². The van der Waals surface area contributed by atoms with Crippen LogP contribution in [-0.4, -0.2) is 41.6 Å². The molecule has 2 rings (SSSR count). The Bertz CT molecular complexity index is 565. The maximum atomic E-state index is 12.8. The number of amides is 2. The lowest BCUT2D eigenvalue weighted by molar-refractivity contribution is -0.120. The average molecular weight is 341 g/mol. The first-order valence-electron chi connectivity index (χ1n) is 7.50. The van der Waals surface area contributed by atoms with Gasteiger partial charge in [0.1, 0.15) is 0 Å². The molecule has 120 valence electrons. The van der Waals surface area contributed by atoms with Crippen LogP contribution in [0.3, 0.4) is 0 Å². The first kappa shape index (κ1) is 17.2. The number of halogens is 1. The van der Waals surface area contributed by atoms with Crippen molar-refractivity contribution in [1.82, 2.24) is 10.2 Å². The number of likely N-dealkylation sites (tertiary alicyclic amines) is 1. The average Bonchev–Trinajstić information content (AvgIpc) is 2.48. The van der Waals surface area contributed by atoms with Crippen molar-refractivity contribution in [2.24, 2.45) is 0 Å². The zero-order chi connectivity index (χ0) is 16.1. The van der Waals surface area contributed by atoms with E-state index in [-0.39, 0.29) is 17.9 Å². The Morgan fingerprint density at radius 2 is 2.23 bits per heavy atom. The van der Waals surface area contributed by atoms with Crippen molar-refractivity contribution in [2.45, 2.75) is 37.6 Å². The van der Waals surface area contributed by atoms with Gasteiger partial charge in [-0.25, -0.2) is 0 Å². The number of carbonyl (C=O) groups excluding carboxylic acids is 2. The molecule has 0 saturated carbocycles. The van der Waals surface area contributed by atoms with Crippen LogP contribution in [0.4, 0.5) is 0 Å². The van der Waals surface area contributed by atoms with Crippen LogP contribution < -0.4 is 5.32 Å². The molecular formula is C16H21ClN2O2S. The van der Waals surface area contributed by atoms with Crippen molar-refractivity contribution in [1.29, 1.82) is 0 Å². The van der Waals surface area contributed by atoms with Gasteiger partial charge in [-0.2, -0.15) is 0 Å². The molecule has 1 heterocycles. The summed E-state index contributed by atoms with van der Waals surface area (Å²) < 4.78 is 0. The lowest BCUT2D eigenvalue weighted by Gasteiger charge is -2.33. The SMILES string of the molecule is CCSc1ccc(Cl)cc1C(=O)N1CCC[C@H](NC(C)=O)C1. The molecule has 1 atom stereocenters. The van der Waals surface area contributed by atoms with E-state index in [1.807, 2.05) is 17.0 Å². The Balaban J connectivity index is 2.16. The molecule has 4 nitrogen and oxygen atoms in total. The predicted octanol–water partition coefficient (Wildman–Crippen LogP) is 3.19. The second kappa shape index (κ2) is 7.88. The predicted molar refractivity (Wildman–Crippen MR) is 90.6 cm³/mol. The third-order valence-corrected chi connectivity index (χ3v) is 4.78. The van der Waals surface area contributed by atoms with Gasteiger partial charge >= 0.3 is 0 Å². The van der Waals surface area contributed by atoms with Gasteiger partial charge < -0.3 is 10.2 Å². The molecule has 0 bridgehead atoms. The van der Waals surface area contributed by atoms with Gasteiger partial charge in [-0.05, 0) is 36.8 Å². The van der Waals surface area contributed by atoms with Gasteiger partial charge in [-0.1, -0.05) is 18.5 Å². The summed E-state index contributed by atoms with van der Waals surface area (Å²) in [4.78, 5) is 26.8. The van der Waals surface area contributed by atoms with Gasteiger partial charge in [0.05, 0.1) is 5.56 Å². The summed E-state index contributed by atoms with van der Waals surface area (Å²) >= 11 is 7.70. The van der Waals surface area contributed by atoms with Crippen molar-refractivity contribution >= 4 is 35.2 Å². The topological polar surface area (TPSA) is 49.4 Å². The maximum absolute atomic E-state index is 12.8. The number of benzene rings is 1. The largest absolute Gasteiger partial charge is 0.352 e. The van der Waals surface area contributed by atoms with Crippen LogP contribution in [0.2, 0.25) is 5.02 Å². The summed E-state index contributed by atoms with van der Waals surface area (Å²) in [5, 5.41) is 3.47. The maximum Gasteiger partial charge on any atom is 0.255 e. The second-order valence-electron chi connectivity index (χ2n) is 5.36. The van der Waals surface area contributed by atoms with Gasteiger partial charge in [-0.3, -0.25) is 9.59 Å². The lowest BCUT2D eigenvalue weighted by atomic mass is 10.0. The molecule has 1 N–H and O–H groups in total. The lowest BCUT2D eigenvalue weighted by Crippen LogP contribution is -2.49. The van der Waals surface area contributed by atoms with Gasteiger partial charge in [0, 0.05) is 36.0 Å². The van der Waals surface area contributed by atoms with E-state index in [9.17, 15) is 9.59 Å². The number of thioether (sulfide) groups is 1. The highest BCUT2D eigenvalue weighted by molar-refractivity contribution is 7.99. The van der Waals surface area contributed by atoms with E-state index in [0.29, 0.717) is 17.1 Å². The summed E-state index contributed by atoms with van der Waals surface area (Å²) in [6, 6.07) is 5.49. The minimum absolute atomic E-state index is 0.00602. The van der Waals surface area contributed by atoms with Crippen molar-refractivity contribution in [3.05, 3.63) is 28.8 Å². The van der Waals surface area contributed by atoms with Gasteiger partial charge in [0.2, 0.25) is 5.91 Å². The Morgan fingerprint density at radius 1 is 1.45 bits per heavy atom. The molecule has 1 saturated heterocycles. The van der Waals surface area contributed by atoms with E-state index in [2.05, 4.69) is 12.2 Å². The first-order chi connectivity index (χ1) is 10.5. The van der Waals surface area contributed by atoms with E-state index < -0.39 is 0 Å². The number of nitrogens with one attached hydrogen (secondary N) is 1. The molecule has 1 aliphatic heterocycles. The molecule has 22 heavy (non-hydrogen) atoms. The van der Waals surface area contributed by atoms with E-state index in [4.69, 9.17) is 11.6 Å². The smallest absolute Gasteiger partial charge is 0.255 e. The summed E-state index contributed by atoms with van der Waals surface area (Å²) in [5.74, 6) is 0.842. The molecule has 0 radical (unpaired) electrons. The quantitative estimate of drug-likeness (QED) is 0.856. The van der Waals surface area contributed by atoms with Crippen LogP contribution in [-0.2, 0) is 4.79 Å². The van der Waals surface area contributed by atoms with E-state index in [1.165, 1.54) is 6.92 Å². The third kappa shape index (κ3) is 4.40. The fourth-order valence-corrected chi connectivity index (χ4v) is 3.64. The summed E-state index contributed by atoms with van der Waals surface area (Å²) in [6.07, 6.45) is 1.81. The molecule has 0 aromatic heterocycles. The van der Waals surface area contributed by atoms with E-state index >= 15 is 0 Å². The number of carbonyl (C=O) groups is 2. The minimum atomic E-state index is -0.0516. The standard InChI is InChI=1S/C16H21ClN2O2S/c1-3-22-15-7-6-12(17)9-14(15)16(21)19-8-4-5-13(10-19)18-11(2)20/h6-7,9,13H,3-5,8,10H2,1-2H3,(H,18,20)/t13-/m0/s1. The van der Waals surface area contributed by atoms with Crippen LogP contribution in [0.25, 0.3) is 0 Å². The number of hydrogen-bond acceptors (Lipinski definition) is 3. The number of hydrogen-bond donors (Lipinski definition) is 1. The number of piperidine rings is 1. The van der Waals surface area contributed by atoms with Crippen LogP contribution in [0.5, 0.6) is 0 Å². The zero-order valence-corrected chi connectivity index (χ0v) is 14.5. The molecule has 6 heteroatoms. The highest BCUT2D eigenvalue weighted by Crippen LogP contribution is 2.27.